The molecule has 0 radical (unpaired) electrons. The zero-order chi connectivity index (χ0) is 14.0. The van der Waals surface area contributed by atoms with E-state index in [0.717, 1.165) is 0 Å². The predicted octanol–water partition coefficient (Wildman–Crippen LogP) is 1.62. The Kier molecular flexibility index (Phi) is 4.50. The van der Waals surface area contributed by atoms with E-state index < -0.39 is 10.0 Å². The normalized spacial score (nSPS) is 18.5. The Balaban J connectivity index is 1.98. The van der Waals surface area contributed by atoms with Crippen molar-refractivity contribution in [2.75, 3.05) is 24.7 Å². The summed E-state index contributed by atoms with van der Waals surface area (Å²) in [5.74, 6) is 0.486. The summed E-state index contributed by atoms with van der Waals surface area (Å²) in [6.07, 6.45) is 4.06. The van der Waals surface area contributed by atoms with Crippen LogP contribution in [0.3, 0.4) is 0 Å². The van der Waals surface area contributed by atoms with Gasteiger partial charge in [-0.1, -0.05) is 11.6 Å². The van der Waals surface area contributed by atoms with E-state index in [2.05, 4.69) is 15.3 Å². The van der Waals surface area contributed by atoms with Crippen molar-refractivity contribution < 1.29 is 8.42 Å². The molecule has 1 aromatic rings. The van der Waals surface area contributed by atoms with Crippen LogP contribution in [-0.4, -0.2) is 48.1 Å². The first-order chi connectivity index (χ1) is 8.86. The Morgan fingerprint density at radius 3 is 2.58 bits per heavy atom. The zero-order valence-corrected chi connectivity index (χ0v) is 12.6. The van der Waals surface area contributed by atoms with Gasteiger partial charge in [0.05, 0.1) is 12.5 Å². The average molecular weight is 325 g/mol. The molecule has 1 saturated heterocycles. The number of piperidine rings is 1. The minimum atomic E-state index is -3.10. The summed E-state index contributed by atoms with van der Waals surface area (Å²) in [6.45, 7) is 0.986. The molecule has 2 rings (SSSR count). The second kappa shape index (κ2) is 5.78. The standard InChI is InChI=1S/C10H14Cl2N4O2S/c1-19(17,18)16-4-2-7(3-5-16)14-9-8(11)6-13-10(12)15-9/h6-7H,2-5H2,1H3,(H,13,14,15). The van der Waals surface area contributed by atoms with E-state index in [1.807, 2.05) is 0 Å². The van der Waals surface area contributed by atoms with Crippen molar-refractivity contribution in [1.82, 2.24) is 14.3 Å². The zero-order valence-electron chi connectivity index (χ0n) is 10.3. The summed E-state index contributed by atoms with van der Waals surface area (Å²) < 4.78 is 24.3. The van der Waals surface area contributed by atoms with E-state index in [4.69, 9.17) is 23.2 Å². The molecule has 1 N–H and O–H groups in total. The number of hydrogen-bond donors (Lipinski definition) is 1. The fourth-order valence-electron chi connectivity index (χ4n) is 1.97. The second-order valence-corrected chi connectivity index (χ2v) is 7.14. The minimum absolute atomic E-state index is 0.125. The largest absolute Gasteiger partial charge is 0.366 e. The van der Waals surface area contributed by atoms with Crippen LogP contribution in [0.1, 0.15) is 12.8 Å². The van der Waals surface area contributed by atoms with Crippen LogP contribution in [0.5, 0.6) is 0 Å². The van der Waals surface area contributed by atoms with Gasteiger partial charge in [0.25, 0.3) is 0 Å². The SMILES string of the molecule is CS(=O)(=O)N1CCC(Nc2nc(Cl)ncc2Cl)CC1. The number of aromatic nitrogens is 2. The average Bonchev–Trinajstić information content (AvgIpc) is 2.33. The first-order valence-electron chi connectivity index (χ1n) is 5.76. The van der Waals surface area contributed by atoms with E-state index >= 15 is 0 Å². The number of anilines is 1. The lowest BCUT2D eigenvalue weighted by Crippen LogP contribution is -2.41. The monoisotopic (exact) mass is 324 g/mol. The van der Waals surface area contributed by atoms with Crippen LogP contribution < -0.4 is 5.32 Å². The van der Waals surface area contributed by atoms with Gasteiger partial charge in [-0.2, -0.15) is 4.98 Å². The fraction of sp³-hybridized carbons (Fsp3) is 0.600. The summed E-state index contributed by atoms with van der Waals surface area (Å²) in [7, 11) is -3.10. The van der Waals surface area contributed by atoms with Crippen molar-refractivity contribution in [3.63, 3.8) is 0 Å². The van der Waals surface area contributed by atoms with Gasteiger partial charge in [-0.15, -0.1) is 0 Å². The highest BCUT2D eigenvalue weighted by Crippen LogP contribution is 2.23. The molecule has 2 heterocycles. The molecule has 0 aliphatic carbocycles. The van der Waals surface area contributed by atoms with Gasteiger partial charge >= 0.3 is 0 Å². The number of nitrogens with zero attached hydrogens (tertiary/aromatic N) is 3. The highest BCUT2D eigenvalue weighted by Gasteiger charge is 2.25. The molecule has 0 aromatic carbocycles. The van der Waals surface area contributed by atoms with Crippen LogP contribution in [0.2, 0.25) is 10.3 Å². The van der Waals surface area contributed by atoms with Gasteiger partial charge in [-0.25, -0.2) is 17.7 Å². The van der Waals surface area contributed by atoms with Crippen molar-refractivity contribution in [2.45, 2.75) is 18.9 Å². The van der Waals surface area contributed by atoms with Crippen molar-refractivity contribution in [1.29, 1.82) is 0 Å². The van der Waals surface area contributed by atoms with Gasteiger partial charge in [0, 0.05) is 19.1 Å². The number of rotatable bonds is 3. The number of halogens is 2. The molecule has 1 aliphatic heterocycles. The molecule has 0 unspecified atom stereocenters. The second-order valence-electron chi connectivity index (χ2n) is 4.42. The quantitative estimate of drug-likeness (QED) is 0.855. The van der Waals surface area contributed by atoms with Gasteiger partial charge in [-0.05, 0) is 24.4 Å². The summed E-state index contributed by atoms with van der Waals surface area (Å²) in [6, 6.07) is 0.126. The number of hydrogen-bond acceptors (Lipinski definition) is 5. The fourth-order valence-corrected chi connectivity index (χ4v) is 3.12. The van der Waals surface area contributed by atoms with E-state index in [-0.39, 0.29) is 11.3 Å². The Morgan fingerprint density at radius 2 is 2.00 bits per heavy atom. The summed E-state index contributed by atoms with van der Waals surface area (Å²) >= 11 is 11.7. The summed E-state index contributed by atoms with van der Waals surface area (Å²) in [5, 5.41) is 3.70. The minimum Gasteiger partial charge on any atom is -0.366 e. The topological polar surface area (TPSA) is 75.2 Å². The molecule has 9 heteroatoms. The van der Waals surface area contributed by atoms with E-state index in [1.54, 1.807) is 0 Å². The maximum Gasteiger partial charge on any atom is 0.224 e. The summed E-state index contributed by atoms with van der Waals surface area (Å²) in [4.78, 5) is 7.79. The summed E-state index contributed by atoms with van der Waals surface area (Å²) in [5.41, 5.74) is 0. The maximum atomic E-state index is 11.4. The molecule has 0 amide bonds. The lowest BCUT2D eigenvalue weighted by Gasteiger charge is -2.31. The van der Waals surface area contributed by atoms with Gasteiger partial charge in [0.15, 0.2) is 0 Å². The molecular weight excluding hydrogens is 311 g/mol. The number of sulfonamides is 1. The molecule has 0 saturated carbocycles. The highest BCUT2D eigenvalue weighted by atomic mass is 35.5. The van der Waals surface area contributed by atoms with E-state index in [9.17, 15) is 8.42 Å². The lowest BCUT2D eigenvalue weighted by atomic mass is 10.1. The third-order valence-electron chi connectivity index (χ3n) is 2.98. The van der Waals surface area contributed by atoms with E-state index in [0.29, 0.717) is 36.8 Å². The first kappa shape index (κ1) is 14.8. The van der Waals surface area contributed by atoms with Crippen molar-refractivity contribution in [3.8, 4) is 0 Å². The van der Waals surface area contributed by atoms with Crippen LogP contribution in [0.25, 0.3) is 0 Å². The third kappa shape index (κ3) is 3.92. The Hall–Kier alpha value is -0.630. The lowest BCUT2D eigenvalue weighted by molar-refractivity contribution is 0.331. The molecule has 1 aromatic heterocycles. The number of nitrogens with one attached hydrogen (secondary N) is 1. The van der Waals surface area contributed by atoms with Crippen LogP contribution in [0.15, 0.2) is 6.20 Å². The smallest absolute Gasteiger partial charge is 0.224 e. The van der Waals surface area contributed by atoms with Gasteiger partial charge in [0.2, 0.25) is 15.3 Å². The third-order valence-corrected chi connectivity index (χ3v) is 4.74. The Bertz CT molecular complexity index is 559. The van der Waals surface area contributed by atoms with Crippen molar-refractivity contribution in [3.05, 3.63) is 16.5 Å². The first-order valence-corrected chi connectivity index (χ1v) is 8.36. The van der Waals surface area contributed by atoms with Crippen LogP contribution in [-0.2, 0) is 10.0 Å². The van der Waals surface area contributed by atoms with Crippen LogP contribution >= 0.6 is 23.2 Å². The molecular formula is C10H14Cl2N4O2S. The van der Waals surface area contributed by atoms with Crippen LogP contribution in [0, 0.1) is 0 Å². The molecule has 1 fully saturated rings. The van der Waals surface area contributed by atoms with Crippen molar-refractivity contribution in [2.24, 2.45) is 0 Å². The molecule has 0 bridgehead atoms. The Labute approximate surface area is 122 Å². The van der Waals surface area contributed by atoms with Gasteiger partial charge in [-0.3, -0.25) is 0 Å². The molecule has 1 aliphatic rings. The van der Waals surface area contributed by atoms with Crippen LogP contribution in [0.4, 0.5) is 5.82 Å². The highest BCUT2D eigenvalue weighted by molar-refractivity contribution is 7.88. The molecule has 6 nitrogen and oxygen atoms in total. The predicted molar refractivity (Wildman–Crippen MR) is 75.1 cm³/mol. The Morgan fingerprint density at radius 1 is 1.37 bits per heavy atom. The molecule has 106 valence electrons. The molecule has 0 atom stereocenters. The molecule has 19 heavy (non-hydrogen) atoms. The van der Waals surface area contributed by atoms with Gasteiger partial charge < -0.3 is 5.32 Å². The molecule has 0 spiro atoms. The van der Waals surface area contributed by atoms with Gasteiger partial charge in [0.1, 0.15) is 10.8 Å². The maximum absolute atomic E-state index is 11.4. The van der Waals surface area contributed by atoms with Crippen molar-refractivity contribution >= 4 is 39.0 Å². The van der Waals surface area contributed by atoms with E-state index in [1.165, 1.54) is 16.8 Å².